The van der Waals surface area contributed by atoms with Gasteiger partial charge in [0, 0.05) is 36.9 Å². The zero-order chi connectivity index (χ0) is 16.2. The minimum atomic E-state index is 0.238. The summed E-state index contributed by atoms with van der Waals surface area (Å²) in [5.41, 5.74) is 2.09. The maximum atomic E-state index is 12.8. The van der Waals surface area contributed by atoms with Crippen molar-refractivity contribution in [3.63, 3.8) is 0 Å². The molecule has 0 heterocycles. The molecule has 1 aromatic rings. The normalized spacial score (nSPS) is 17.1. The second-order valence-electron chi connectivity index (χ2n) is 7.11. The molecule has 3 heteroatoms. The molecule has 0 aromatic heterocycles. The summed E-state index contributed by atoms with van der Waals surface area (Å²) in [5.74, 6) is 1.01. The summed E-state index contributed by atoms with van der Waals surface area (Å²) in [6, 6.07) is 8.80. The number of benzene rings is 1. The van der Waals surface area contributed by atoms with Gasteiger partial charge in [0.1, 0.15) is 0 Å². The van der Waals surface area contributed by atoms with Crippen LogP contribution in [0.5, 0.6) is 0 Å². The van der Waals surface area contributed by atoms with Gasteiger partial charge in [-0.3, -0.25) is 4.79 Å². The summed E-state index contributed by atoms with van der Waals surface area (Å²) in [6.07, 6.45) is 7.42. The number of carbonyl (C=O) groups excluding carboxylic acids is 1. The van der Waals surface area contributed by atoms with E-state index >= 15 is 0 Å². The molecular weight excluding hydrogens is 284 g/mol. The number of unbranched alkanes of at least 4 members (excludes halogenated alkanes) is 1. The first-order chi connectivity index (χ1) is 11.2. The molecule has 2 fully saturated rings. The minimum Gasteiger partial charge on any atom is -0.372 e. The molecule has 0 radical (unpaired) electrons. The molecule has 3 nitrogen and oxygen atoms in total. The highest BCUT2D eigenvalue weighted by atomic mass is 16.2. The van der Waals surface area contributed by atoms with E-state index in [1.54, 1.807) is 0 Å². The Kier molecular flexibility index (Phi) is 5.24. The average Bonchev–Trinajstić information content (AvgIpc) is 3.47. The molecule has 0 spiro atoms. The first-order valence-corrected chi connectivity index (χ1v) is 9.39. The Labute approximate surface area is 140 Å². The maximum Gasteiger partial charge on any atom is 0.254 e. The molecular formula is C20H30N2O. The van der Waals surface area contributed by atoms with E-state index in [-0.39, 0.29) is 5.91 Å². The van der Waals surface area contributed by atoms with Gasteiger partial charge in [0.05, 0.1) is 0 Å². The van der Waals surface area contributed by atoms with Gasteiger partial charge in [0.25, 0.3) is 5.91 Å². The summed E-state index contributed by atoms with van der Waals surface area (Å²) in [5, 5.41) is 0. The van der Waals surface area contributed by atoms with E-state index in [1.807, 2.05) is 12.1 Å². The first-order valence-electron chi connectivity index (χ1n) is 9.39. The van der Waals surface area contributed by atoms with E-state index in [4.69, 9.17) is 0 Å². The lowest BCUT2D eigenvalue weighted by atomic mass is 10.1. The van der Waals surface area contributed by atoms with Crippen molar-refractivity contribution in [1.82, 2.24) is 4.90 Å². The van der Waals surface area contributed by atoms with E-state index in [2.05, 4.69) is 35.8 Å². The molecule has 0 N–H and O–H groups in total. The molecule has 2 saturated carbocycles. The lowest BCUT2D eigenvalue weighted by Crippen LogP contribution is -2.35. The predicted octanol–water partition coefficient (Wildman–Crippen LogP) is 4.33. The second-order valence-corrected chi connectivity index (χ2v) is 7.11. The largest absolute Gasteiger partial charge is 0.372 e. The monoisotopic (exact) mass is 314 g/mol. The SMILES string of the molecule is CCCCN(CC)c1ccc(C(=O)N(CC2CC2)C2CC2)cc1. The van der Waals surface area contributed by atoms with Gasteiger partial charge >= 0.3 is 0 Å². The van der Waals surface area contributed by atoms with Crippen molar-refractivity contribution in [1.29, 1.82) is 0 Å². The summed E-state index contributed by atoms with van der Waals surface area (Å²) >= 11 is 0. The van der Waals surface area contributed by atoms with E-state index in [0.29, 0.717) is 6.04 Å². The number of hydrogen-bond acceptors (Lipinski definition) is 2. The van der Waals surface area contributed by atoms with Crippen LogP contribution in [0, 0.1) is 5.92 Å². The molecule has 1 aromatic carbocycles. The number of rotatable bonds is 9. The number of nitrogens with zero attached hydrogens (tertiary/aromatic N) is 2. The van der Waals surface area contributed by atoms with Crippen LogP contribution >= 0.6 is 0 Å². The van der Waals surface area contributed by atoms with Crippen molar-refractivity contribution in [2.45, 2.75) is 58.4 Å². The third-order valence-corrected chi connectivity index (χ3v) is 5.04. The van der Waals surface area contributed by atoms with Gasteiger partial charge in [-0.25, -0.2) is 0 Å². The lowest BCUT2D eigenvalue weighted by molar-refractivity contribution is 0.0735. The number of carbonyl (C=O) groups is 1. The Morgan fingerprint density at radius 2 is 1.78 bits per heavy atom. The molecule has 3 rings (SSSR count). The number of amides is 1. The molecule has 0 saturated heterocycles. The fourth-order valence-electron chi connectivity index (χ4n) is 3.16. The van der Waals surface area contributed by atoms with Crippen molar-refractivity contribution in [2.24, 2.45) is 5.92 Å². The van der Waals surface area contributed by atoms with Crippen LogP contribution in [0.4, 0.5) is 5.69 Å². The fraction of sp³-hybridized carbons (Fsp3) is 0.650. The van der Waals surface area contributed by atoms with Crippen LogP contribution in [0.3, 0.4) is 0 Å². The van der Waals surface area contributed by atoms with Crippen LogP contribution in [0.2, 0.25) is 0 Å². The Morgan fingerprint density at radius 1 is 1.09 bits per heavy atom. The zero-order valence-electron chi connectivity index (χ0n) is 14.6. The lowest BCUT2D eigenvalue weighted by Gasteiger charge is -2.25. The smallest absolute Gasteiger partial charge is 0.254 e. The van der Waals surface area contributed by atoms with Gasteiger partial charge in [-0.2, -0.15) is 0 Å². The summed E-state index contributed by atoms with van der Waals surface area (Å²) in [6.45, 7) is 7.50. The third kappa shape index (κ3) is 4.27. The zero-order valence-corrected chi connectivity index (χ0v) is 14.6. The predicted molar refractivity (Wildman–Crippen MR) is 96.0 cm³/mol. The highest BCUT2D eigenvalue weighted by molar-refractivity contribution is 5.95. The van der Waals surface area contributed by atoms with Gasteiger partial charge in [-0.1, -0.05) is 13.3 Å². The minimum absolute atomic E-state index is 0.238. The Hall–Kier alpha value is -1.51. The van der Waals surface area contributed by atoms with Gasteiger partial charge in [-0.15, -0.1) is 0 Å². The standard InChI is InChI=1S/C20H30N2O/c1-3-5-14-21(4-2)18-10-8-17(9-11-18)20(23)22(19-12-13-19)15-16-6-7-16/h8-11,16,19H,3-7,12-15H2,1-2H3. The summed E-state index contributed by atoms with van der Waals surface area (Å²) in [7, 11) is 0. The van der Waals surface area contributed by atoms with E-state index in [9.17, 15) is 4.79 Å². The number of hydrogen-bond donors (Lipinski definition) is 0. The second kappa shape index (κ2) is 7.37. The highest BCUT2D eigenvalue weighted by Gasteiger charge is 2.36. The molecule has 1 amide bonds. The average molecular weight is 314 g/mol. The van der Waals surface area contributed by atoms with Crippen LogP contribution in [0.1, 0.15) is 62.7 Å². The molecule has 126 valence electrons. The molecule has 0 unspecified atom stereocenters. The van der Waals surface area contributed by atoms with Crippen LogP contribution in [-0.4, -0.2) is 36.5 Å². The fourth-order valence-corrected chi connectivity index (χ4v) is 3.16. The van der Waals surface area contributed by atoms with E-state index < -0.39 is 0 Å². The van der Waals surface area contributed by atoms with Gasteiger partial charge in [-0.05, 0) is 69.2 Å². The van der Waals surface area contributed by atoms with Gasteiger partial charge in [0.15, 0.2) is 0 Å². The molecule has 2 aliphatic carbocycles. The van der Waals surface area contributed by atoms with Crippen LogP contribution in [-0.2, 0) is 0 Å². The molecule has 0 bridgehead atoms. The van der Waals surface area contributed by atoms with Crippen LogP contribution < -0.4 is 4.90 Å². The van der Waals surface area contributed by atoms with Crippen molar-refractivity contribution >= 4 is 11.6 Å². The third-order valence-electron chi connectivity index (χ3n) is 5.04. The van der Waals surface area contributed by atoms with Crippen molar-refractivity contribution in [3.05, 3.63) is 29.8 Å². The molecule has 0 aliphatic heterocycles. The Balaban J connectivity index is 1.66. The molecule has 0 atom stereocenters. The van der Waals surface area contributed by atoms with E-state index in [0.717, 1.165) is 31.1 Å². The van der Waals surface area contributed by atoms with Crippen molar-refractivity contribution in [2.75, 3.05) is 24.5 Å². The van der Waals surface area contributed by atoms with Crippen LogP contribution in [0.25, 0.3) is 0 Å². The Morgan fingerprint density at radius 3 is 2.30 bits per heavy atom. The van der Waals surface area contributed by atoms with Crippen LogP contribution in [0.15, 0.2) is 24.3 Å². The Bertz CT molecular complexity index is 517. The highest BCUT2D eigenvalue weighted by Crippen LogP contribution is 2.35. The quantitative estimate of drug-likeness (QED) is 0.677. The van der Waals surface area contributed by atoms with E-state index in [1.165, 1.54) is 44.2 Å². The van der Waals surface area contributed by atoms with Gasteiger partial charge < -0.3 is 9.80 Å². The summed E-state index contributed by atoms with van der Waals surface area (Å²) < 4.78 is 0. The summed E-state index contributed by atoms with van der Waals surface area (Å²) in [4.78, 5) is 17.4. The topological polar surface area (TPSA) is 23.6 Å². The molecule has 2 aliphatic rings. The van der Waals surface area contributed by atoms with Crippen molar-refractivity contribution < 1.29 is 4.79 Å². The maximum absolute atomic E-state index is 12.8. The first kappa shape index (κ1) is 16.4. The van der Waals surface area contributed by atoms with Crippen molar-refractivity contribution in [3.8, 4) is 0 Å². The van der Waals surface area contributed by atoms with Gasteiger partial charge in [0.2, 0.25) is 0 Å². The number of anilines is 1. The molecule has 23 heavy (non-hydrogen) atoms.